The first-order chi connectivity index (χ1) is 12.4. The average Bonchev–Trinajstić information content (AvgIpc) is 2.51. The quantitative estimate of drug-likeness (QED) is 0.229. The largest absolute Gasteiger partial charge is 0.508 e. The van der Waals surface area contributed by atoms with Gasteiger partial charge in [0.2, 0.25) is 11.2 Å². The predicted octanol–water partition coefficient (Wildman–Crippen LogP) is 1.34. The summed E-state index contributed by atoms with van der Waals surface area (Å²) in [6.45, 7) is 0. The Labute approximate surface area is 150 Å². The number of fused-ring (bicyclic) bond motifs is 1. The van der Waals surface area contributed by atoms with E-state index in [2.05, 4.69) is 0 Å². The lowest BCUT2D eigenvalue weighted by atomic mass is 10.1. The third-order valence-electron chi connectivity index (χ3n) is 3.17. The van der Waals surface area contributed by atoms with Crippen LogP contribution in [0.3, 0.4) is 0 Å². The highest BCUT2D eigenvalue weighted by Crippen LogP contribution is 2.37. The highest BCUT2D eigenvalue weighted by molar-refractivity contribution is 7.79. The van der Waals surface area contributed by atoms with Gasteiger partial charge in [-0.2, -0.15) is 8.42 Å². The van der Waals surface area contributed by atoms with Crippen LogP contribution in [0, 0.1) is 0 Å². The summed E-state index contributed by atoms with van der Waals surface area (Å²) in [6, 6.07) is 5.64. The van der Waals surface area contributed by atoms with Crippen molar-refractivity contribution >= 4 is 21.4 Å². The van der Waals surface area contributed by atoms with Crippen LogP contribution in [0.5, 0.6) is 28.7 Å². The first-order valence-corrected chi connectivity index (χ1v) is 8.22. The highest BCUT2D eigenvalue weighted by Gasteiger charge is 2.19. The van der Waals surface area contributed by atoms with Crippen molar-refractivity contribution < 1.29 is 47.5 Å². The third-order valence-corrected chi connectivity index (χ3v) is 3.17. The summed E-state index contributed by atoms with van der Waals surface area (Å²) in [5.74, 6) is -2.71. The van der Waals surface area contributed by atoms with E-state index < -0.39 is 33.1 Å². The zero-order valence-electron chi connectivity index (χ0n) is 13.1. The molecule has 2 aromatic carbocycles. The molecule has 7 N–H and O–H groups in total. The molecule has 0 atom stereocenters. The van der Waals surface area contributed by atoms with Gasteiger partial charge in [-0.1, -0.05) is 0 Å². The molecule has 0 saturated carbocycles. The molecule has 0 aliphatic heterocycles. The van der Waals surface area contributed by atoms with Gasteiger partial charge in [0.05, 0.1) is 0 Å². The van der Waals surface area contributed by atoms with Crippen LogP contribution < -0.4 is 5.43 Å². The van der Waals surface area contributed by atoms with Crippen LogP contribution in [-0.4, -0.2) is 43.1 Å². The summed E-state index contributed by atoms with van der Waals surface area (Å²) in [4.78, 5) is 12.1. The highest BCUT2D eigenvalue weighted by atomic mass is 32.3. The van der Waals surface area contributed by atoms with Crippen LogP contribution in [-0.2, 0) is 10.4 Å². The lowest BCUT2D eigenvalue weighted by Crippen LogP contribution is -2.02. The van der Waals surface area contributed by atoms with E-state index in [4.69, 9.17) is 21.9 Å². The second-order valence-electron chi connectivity index (χ2n) is 5.10. The fourth-order valence-electron chi connectivity index (χ4n) is 2.14. The minimum atomic E-state index is -4.67. The average molecular weight is 400 g/mol. The van der Waals surface area contributed by atoms with Crippen LogP contribution in [0.25, 0.3) is 22.3 Å². The number of phenolic OH excluding ortho intramolecular Hbond substituents is 4. The summed E-state index contributed by atoms with van der Waals surface area (Å²) in [6.07, 6.45) is 0. The van der Waals surface area contributed by atoms with Crippen molar-refractivity contribution in [1.82, 2.24) is 0 Å². The molecule has 27 heavy (non-hydrogen) atoms. The van der Waals surface area contributed by atoms with Crippen LogP contribution >= 0.6 is 0 Å². The molecule has 0 amide bonds. The summed E-state index contributed by atoms with van der Waals surface area (Å²) in [7, 11) is -4.67. The molecule has 3 aromatic rings. The molecule has 12 heteroatoms. The zero-order valence-corrected chi connectivity index (χ0v) is 13.9. The first-order valence-electron chi connectivity index (χ1n) is 6.82. The Kier molecular flexibility index (Phi) is 5.16. The van der Waals surface area contributed by atoms with E-state index in [1.807, 2.05) is 0 Å². The van der Waals surface area contributed by atoms with Crippen molar-refractivity contribution in [1.29, 1.82) is 0 Å². The van der Waals surface area contributed by atoms with Crippen molar-refractivity contribution in [2.45, 2.75) is 0 Å². The zero-order chi connectivity index (χ0) is 20.5. The standard InChI is InChI=1S/C15H10O7.H2O4S/c16-7-4-10(19)12-11(5-7)22-15(14(21)13(12)20)6-1-2-8(17)9(18)3-6;1-5(2,3)4/h1-5,16-19,21H;(H2,1,2,3,4). The van der Waals surface area contributed by atoms with Gasteiger partial charge in [-0.05, 0) is 18.2 Å². The minimum Gasteiger partial charge on any atom is -0.508 e. The van der Waals surface area contributed by atoms with Gasteiger partial charge >= 0.3 is 10.4 Å². The number of hydrogen-bond donors (Lipinski definition) is 7. The van der Waals surface area contributed by atoms with Crippen molar-refractivity contribution in [2.75, 3.05) is 0 Å². The lowest BCUT2D eigenvalue weighted by molar-refractivity contribution is 0.381. The topological polar surface area (TPSA) is 206 Å². The fourth-order valence-corrected chi connectivity index (χ4v) is 2.14. The van der Waals surface area contributed by atoms with Crippen LogP contribution in [0.2, 0.25) is 0 Å². The molecule has 1 heterocycles. The van der Waals surface area contributed by atoms with Crippen molar-refractivity contribution in [3.8, 4) is 40.1 Å². The van der Waals surface area contributed by atoms with E-state index >= 15 is 0 Å². The molecule has 144 valence electrons. The Morgan fingerprint density at radius 2 is 1.41 bits per heavy atom. The maximum absolute atomic E-state index is 12.1. The smallest absolute Gasteiger partial charge is 0.394 e. The molecule has 0 bridgehead atoms. The van der Waals surface area contributed by atoms with Gasteiger partial charge in [0.15, 0.2) is 17.3 Å². The molecule has 0 unspecified atom stereocenters. The summed E-state index contributed by atoms with van der Waals surface area (Å²) in [5.41, 5.74) is -0.890. The van der Waals surface area contributed by atoms with Crippen molar-refractivity contribution in [3.63, 3.8) is 0 Å². The van der Waals surface area contributed by atoms with E-state index in [0.29, 0.717) is 0 Å². The normalized spacial score (nSPS) is 11.0. The molecular weight excluding hydrogens is 388 g/mol. The number of phenols is 4. The molecule has 3 rings (SSSR count). The second kappa shape index (κ2) is 7.03. The van der Waals surface area contributed by atoms with Gasteiger partial charge in [0, 0.05) is 17.7 Å². The molecular formula is C15H12O11S. The second-order valence-corrected chi connectivity index (χ2v) is 5.99. The predicted molar refractivity (Wildman–Crippen MR) is 90.4 cm³/mol. The third kappa shape index (κ3) is 4.58. The van der Waals surface area contributed by atoms with Gasteiger partial charge in [0.1, 0.15) is 22.5 Å². The number of aromatic hydroxyl groups is 5. The maximum Gasteiger partial charge on any atom is 0.394 e. The van der Waals surface area contributed by atoms with E-state index in [0.717, 1.165) is 24.3 Å². The fraction of sp³-hybridized carbons (Fsp3) is 0. The Bertz CT molecular complexity index is 1170. The maximum atomic E-state index is 12.1. The molecule has 0 saturated heterocycles. The van der Waals surface area contributed by atoms with Gasteiger partial charge in [-0.25, -0.2) is 0 Å². The van der Waals surface area contributed by atoms with Gasteiger partial charge in [-0.15, -0.1) is 0 Å². The Balaban J connectivity index is 0.000000465. The molecule has 0 radical (unpaired) electrons. The lowest BCUT2D eigenvalue weighted by Gasteiger charge is -2.08. The van der Waals surface area contributed by atoms with E-state index in [-0.39, 0.29) is 33.8 Å². The number of rotatable bonds is 1. The van der Waals surface area contributed by atoms with E-state index in [1.54, 1.807) is 0 Å². The summed E-state index contributed by atoms with van der Waals surface area (Å²) < 4.78 is 36.9. The number of hydrogen-bond acceptors (Lipinski definition) is 9. The van der Waals surface area contributed by atoms with Gasteiger partial charge in [-0.3, -0.25) is 13.9 Å². The molecule has 0 aliphatic rings. The molecule has 1 aromatic heterocycles. The number of benzene rings is 2. The molecule has 0 aliphatic carbocycles. The van der Waals surface area contributed by atoms with Crippen molar-refractivity contribution in [3.05, 3.63) is 40.6 Å². The van der Waals surface area contributed by atoms with Gasteiger partial charge in [0.25, 0.3) is 0 Å². The molecule has 0 fully saturated rings. The first kappa shape index (κ1) is 19.8. The van der Waals surface area contributed by atoms with Gasteiger partial charge < -0.3 is 29.9 Å². The summed E-state index contributed by atoms with van der Waals surface area (Å²) in [5, 5.41) is 47.6. The van der Waals surface area contributed by atoms with E-state index in [9.17, 15) is 30.3 Å². The Morgan fingerprint density at radius 3 is 1.96 bits per heavy atom. The molecule has 11 nitrogen and oxygen atoms in total. The summed E-state index contributed by atoms with van der Waals surface area (Å²) >= 11 is 0. The molecule has 0 spiro atoms. The van der Waals surface area contributed by atoms with Crippen LogP contribution in [0.1, 0.15) is 0 Å². The van der Waals surface area contributed by atoms with Crippen molar-refractivity contribution in [2.24, 2.45) is 0 Å². The Morgan fingerprint density at radius 1 is 0.815 bits per heavy atom. The van der Waals surface area contributed by atoms with Crippen LogP contribution in [0.4, 0.5) is 0 Å². The van der Waals surface area contributed by atoms with Crippen LogP contribution in [0.15, 0.2) is 39.5 Å². The monoisotopic (exact) mass is 400 g/mol. The minimum absolute atomic E-state index is 0.134. The SMILES string of the molecule is O=S(=O)(O)O.O=c1c(O)c(-c2ccc(O)c(O)c2)oc2cc(O)cc(O)c12. The van der Waals surface area contributed by atoms with E-state index in [1.165, 1.54) is 6.07 Å². The Hall–Kier alpha value is -3.48.